The van der Waals surface area contributed by atoms with E-state index in [0.29, 0.717) is 17.1 Å². The van der Waals surface area contributed by atoms with Gasteiger partial charge in [0.05, 0.1) is 10.6 Å². The van der Waals surface area contributed by atoms with E-state index in [1.807, 2.05) is 26.0 Å². The van der Waals surface area contributed by atoms with Crippen LogP contribution in [0.5, 0.6) is 0 Å². The first-order valence-electron chi connectivity index (χ1n) is 9.22. The molecule has 0 atom stereocenters. The van der Waals surface area contributed by atoms with Crippen LogP contribution in [0.4, 0.5) is 11.4 Å². The number of nitrogens with zero attached hydrogens (tertiary/aromatic N) is 3. The molecule has 0 aliphatic carbocycles. The molecule has 0 unspecified atom stereocenters. The van der Waals surface area contributed by atoms with Crippen LogP contribution in [0.2, 0.25) is 0 Å². The number of aryl methyl sites for hydroxylation is 2. The van der Waals surface area contributed by atoms with Crippen molar-refractivity contribution in [3.63, 3.8) is 0 Å². The van der Waals surface area contributed by atoms with Crippen LogP contribution in [0.1, 0.15) is 16.8 Å². The number of carbonyl (C=O) groups is 2. The molecule has 1 saturated heterocycles. The van der Waals surface area contributed by atoms with Crippen molar-refractivity contribution in [2.75, 3.05) is 5.01 Å². The second-order valence-electron chi connectivity index (χ2n) is 6.98. The fourth-order valence-corrected chi connectivity index (χ4v) is 3.23. The molecule has 0 bridgehead atoms. The first-order chi connectivity index (χ1) is 14.3. The van der Waals surface area contributed by atoms with Gasteiger partial charge in [0.15, 0.2) is 0 Å². The van der Waals surface area contributed by atoms with Crippen molar-refractivity contribution in [2.45, 2.75) is 13.8 Å². The third-order valence-corrected chi connectivity index (χ3v) is 5.05. The molecule has 1 aliphatic rings. The number of benzene rings is 2. The molecule has 2 amide bonds. The third-order valence-electron chi connectivity index (χ3n) is 5.05. The number of rotatable bonds is 4. The lowest BCUT2D eigenvalue weighted by Gasteiger charge is -2.16. The van der Waals surface area contributed by atoms with Crippen molar-refractivity contribution in [3.8, 4) is 5.69 Å². The molecular weight excluding hydrogens is 384 g/mol. The molecule has 1 aromatic heterocycles. The minimum Gasteiger partial charge on any atom is -0.317 e. The van der Waals surface area contributed by atoms with E-state index >= 15 is 0 Å². The van der Waals surface area contributed by atoms with Crippen LogP contribution in [-0.2, 0) is 9.59 Å². The third kappa shape index (κ3) is 3.35. The lowest BCUT2D eigenvalue weighted by Crippen LogP contribution is -2.35. The van der Waals surface area contributed by atoms with Crippen LogP contribution in [0.25, 0.3) is 11.8 Å². The first-order valence-corrected chi connectivity index (χ1v) is 9.22. The number of non-ortho nitro benzene ring substituents is 1. The highest BCUT2D eigenvalue weighted by Gasteiger charge is 2.34. The van der Waals surface area contributed by atoms with Crippen LogP contribution in [0.15, 0.2) is 66.4 Å². The van der Waals surface area contributed by atoms with Gasteiger partial charge in [-0.05, 0) is 67.4 Å². The number of hydrazine groups is 1. The van der Waals surface area contributed by atoms with Crippen LogP contribution < -0.4 is 10.4 Å². The Bertz CT molecular complexity index is 1210. The Morgan fingerprint density at radius 3 is 2.33 bits per heavy atom. The number of nitro benzene ring substituents is 1. The van der Waals surface area contributed by atoms with Gasteiger partial charge >= 0.3 is 0 Å². The topological polar surface area (TPSA) is 97.5 Å². The molecule has 1 N–H and O–H groups in total. The zero-order valence-electron chi connectivity index (χ0n) is 16.3. The summed E-state index contributed by atoms with van der Waals surface area (Å²) in [5.74, 6) is -0.936. The molecule has 150 valence electrons. The van der Waals surface area contributed by atoms with Crippen molar-refractivity contribution in [2.24, 2.45) is 0 Å². The fraction of sp³-hybridized carbons (Fsp3) is 0.0909. The molecule has 1 fully saturated rings. The van der Waals surface area contributed by atoms with Crippen LogP contribution in [0, 0.1) is 24.0 Å². The molecule has 0 radical (unpaired) electrons. The van der Waals surface area contributed by atoms with Gasteiger partial charge in [0.25, 0.3) is 17.5 Å². The Hall–Kier alpha value is -4.20. The molecule has 8 nitrogen and oxygen atoms in total. The molecule has 0 spiro atoms. The summed E-state index contributed by atoms with van der Waals surface area (Å²) in [4.78, 5) is 35.8. The van der Waals surface area contributed by atoms with E-state index < -0.39 is 16.7 Å². The Morgan fingerprint density at radius 2 is 1.67 bits per heavy atom. The van der Waals surface area contributed by atoms with Gasteiger partial charge in [-0.15, -0.1) is 0 Å². The summed E-state index contributed by atoms with van der Waals surface area (Å²) in [5, 5.41) is 12.1. The van der Waals surface area contributed by atoms with Crippen molar-refractivity contribution in [1.29, 1.82) is 0 Å². The molecule has 8 heteroatoms. The van der Waals surface area contributed by atoms with Gasteiger partial charge in [-0.1, -0.05) is 6.07 Å². The van der Waals surface area contributed by atoms with E-state index in [4.69, 9.17) is 0 Å². The summed E-state index contributed by atoms with van der Waals surface area (Å²) >= 11 is 0. The van der Waals surface area contributed by atoms with E-state index in [1.165, 1.54) is 23.2 Å². The Kier molecular flexibility index (Phi) is 4.67. The van der Waals surface area contributed by atoms with Gasteiger partial charge in [0, 0.05) is 29.7 Å². The maximum Gasteiger partial charge on any atom is 0.282 e. The predicted octanol–water partition coefficient (Wildman–Crippen LogP) is 3.46. The van der Waals surface area contributed by atoms with Gasteiger partial charge in [-0.2, -0.15) is 0 Å². The van der Waals surface area contributed by atoms with Crippen LogP contribution in [-0.4, -0.2) is 21.3 Å². The van der Waals surface area contributed by atoms with Gasteiger partial charge in [-0.25, -0.2) is 5.01 Å². The van der Waals surface area contributed by atoms with E-state index in [1.54, 1.807) is 41.1 Å². The zero-order valence-corrected chi connectivity index (χ0v) is 16.3. The second kappa shape index (κ2) is 7.32. The Labute approximate surface area is 172 Å². The SMILES string of the molecule is Cc1ccc(N2NC(=O)/C(=C\c3cccn3-c3ccc([N+](=O)[O-])cc3)C2=O)cc1C. The minimum absolute atomic E-state index is 0.00934. The van der Waals surface area contributed by atoms with Crippen molar-refractivity contribution in [3.05, 3.63) is 93.3 Å². The Morgan fingerprint density at radius 1 is 0.967 bits per heavy atom. The summed E-state index contributed by atoms with van der Waals surface area (Å²) in [6, 6.07) is 15.1. The number of nitro groups is 1. The van der Waals surface area contributed by atoms with Crippen molar-refractivity contribution < 1.29 is 14.5 Å². The first kappa shape index (κ1) is 19.1. The highest BCUT2D eigenvalue weighted by Crippen LogP contribution is 2.25. The molecule has 2 aromatic carbocycles. The summed E-state index contributed by atoms with van der Waals surface area (Å²) in [6.45, 7) is 3.91. The lowest BCUT2D eigenvalue weighted by atomic mass is 10.1. The quantitative estimate of drug-likeness (QED) is 0.313. The second-order valence-corrected chi connectivity index (χ2v) is 6.98. The number of hydrogen-bond acceptors (Lipinski definition) is 4. The van der Waals surface area contributed by atoms with E-state index in [-0.39, 0.29) is 11.3 Å². The maximum atomic E-state index is 12.9. The number of anilines is 1. The van der Waals surface area contributed by atoms with Crippen LogP contribution >= 0.6 is 0 Å². The molecule has 3 aromatic rings. The van der Waals surface area contributed by atoms with Gasteiger partial charge in [-0.3, -0.25) is 25.1 Å². The molecule has 0 saturated carbocycles. The average molecular weight is 402 g/mol. The zero-order chi connectivity index (χ0) is 21.4. The molecular formula is C22H18N4O4. The van der Waals surface area contributed by atoms with E-state index in [2.05, 4.69) is 5.43 Å². The fourth-order valence-electron chi connectivity index (χ4n) is 3.23. The Balaban J connectivity index is 1.66. The minimum atomic E-state index is -0.491. The number of aromatic nitrogens is 1. The van der Waals surface area contributed by atoms with E-state index in [0.717, 1.165) is 11.1 Å². The summed E-state index contributed by atoms with van der Waals surface area (Å²) in [7, 11) is 0. The normalized spacial score (nSPS) is 15.0. The molecule has 1 aliphatic heterocycles. The number of carbonyl (C=O) groups excluding carboxylic acids is 2. The summed E-state index contributed by atoms with van der Waals surface area (Å²) in [6.07, 6.45) is 3.27. The van der Waals surface area contributed by atoms with Gasteiger partial charge < -0.3 is 4.57 Å². The standard InChI is InChI=1S/C22H18N4O4/c1-14-5-6-19(12-15(14)2)25-22(28)20(21(27)23-25)13-18-4-3-11-24(18)16-7-9-17(10-8-16)26(29)30/h3-13H,1-2H3,(H,23,27)/b20-13+. The predicted molar refractivity (Wildman–Crippen MR) is 112 cm³/mol. The van der Waals surface area contributed by atoms with Crippen LogP contribution in [0.3, 0.4) is 0 Å². The number of amides is 2. The molecule has 30 heavy (non-hydrogen) atoms. The van der Waals surface area contributed by atoms with Gasteiger partial charge in [0.1, 0.15) is 5.57 Å². The molecule has 4 rings (SSSR count). The van der Waals surface area contributed by atoms with E-state index in [9.17, 15) is 19.7 Å². The van der Waals surface area contributed by atoms with Crippen molar-refractivity contribution in [1.82, 2.24) is 9.99 Å². The number of hydrogen-bond donors (Lipinski definition) is 1. The number of nitrogens with one attached hydrogen (secondary N) is 1. The highest BCUT2D eigenvalue weighted by atomic mass is 16.6. The smallest absolute Gasteiger partial charge is 0.282 e. The van der Waals surface area contributed by atoms with Crippen molar-refractivity contribution >= 4 is 29.3 Å². The van der Waals surface area contributed by atoms with Gasteiger partial charge in [0.2, 0.25) is 0 Å². The monoisotopic (exact) mass is 402 g/mol. The highest BCUT2D eigenvalue weighted by molar-refractivity contribution is 6.31. The summed E-state index contributed by atoms with van der Waals surface area (Å²) in [5.41, 5.74) is 6.57. The summed E-state index contributed by atoms with van der Waals surface area (Å²) < 4.78 is 1.75. The largest absolute Gasteiger partial charge is 0.317 e. The maximum absolute atomic E-state index is 12.9. The molecule has 2 heterocycles. The average Bonchev–Trinajstić information content (AvgIpc) is 3.30. The lowest BCUT2D eigenvalue weighted by molar-refractivity contribution is -0.384.